The zero-order valence-corrected chi connectivity index (χ0v) is 52.9. The Hall–Kier alpha value is -2.22. The molecule has 16 atom stereocenters. The molecule has 1 nitrogen and oxygen atoms in total. The number of allylic oxidation sites excluding steroid dienone is 3. The molecule has 6 saturated carbocycles. The Bertz CT molecular complexity index is 2890. The fourth-order valence-corrected chi connectivity index (χ4v) is 28.5. The monoisotopic (exact) mass is 1150 g/mol. The summed E-state index contributed by atoms with van der Waals surface area (Å²) in [6, 6.07) is 10.00. The predicted octanol–water partition coefficient (Wildman–Crippen LogP) is 15.0. The molecular formula is C66H84OS8. The fraction of sp³-hybridized carbons (Fsp3) is 0.667. The van der Waals surface area contributed by atoms with Crippen molar-refractivity contribution >= 4 is 75.7 Å². The number of aliphatic hydroxyl groups is 1. The minimum atomic E-state index is -0.102. The van der Waals surface area contributed by atoms with Gasteiger partial charge in [-0.25, -0.2) is 0 Å². The van der Waals surface area contributed by atoms with Crippen molar-refractivity contribution in [2.24, 2.45) is 86.8 Å². The summed E-state index contributed by atoms with van der Waals surface area (Å²) in [5.41, 5.74) is 6.31. The van der Waals surface area contributed by atoms with Gasteiger partial charge in [0.2, 0.25) is 0 Å². The minimum absolute atomic E-state index is 0.102. The smallest absolute Gasteiger partial charge is 0.0577 e. The maximum Gasteiger partial charge on any atom is 0.0577 e. The van der Waals surface area contributed by atoms with E-state index in [0.717, 1.165) is 96.3 Å². The standard InChI is InChI=1S/C36H44.C30H40O.S8/c1-27-22-24-35(3)30(26-27)18-19-31-33-21-20-32(36(33,4)25-23-34(31)35)28(2)14-10-7-5-6-8-11-15-29-16-12-9-13-17-29;1-5-6-7-8-9-10-11-12-22(2)26-15-16-27-25-14-13-23-21-24(31)17-19-29(23,3)28(25)18-20-30(26,27)4;1-3-5-7-8-6-4-2/h9,12-13,16-18,27-28,31-34H,10,14,19-26H2,1-4H3;13,22,24-28,31H,11-12,14-21H2,1-4H3;/t27-,28+,31-,32+,33-,34-,35-,36+;22-,24+,25+,26-,27+,28+,29+,30-;/m01./s1. The van der Waals surface area contributed by atoms with Gasteiger partial charge in [-0.15, -0.1) is 0 Å². The van der Waals surface area contributed by atoms with E-state index in [2.05, 4.69) is 154 Å². The van der Waals surface area contributed by atoms with Gasteiger partial charge in [0.15, 0.2) is 0 Å². The van der Waals surface area contributed by atoms with Crippen molar-refractivity contribution in [3.05, 3.63) is 59.2 Å². The number of fused-ring (bicyclic) bond motifs is 10. The summed E-state index contributed by atoms with van der Waals surface area (Å²) in [7, 11) is 9.12. The average Bonchev–Trinajstić information content (AvgIpc) is 3.99. The first-order chi connectivity index (χ1) is 36.2. The minimum Gasteiger partial charge on any atom is -0.393 e. The lowest BCUT2D eigenvalue weighted by Gasteiger charge is -2.58. The molecule has 8 aliphatic rings. The maximum atomic E-state index is 10.2. The average molecular weight is 1150 g/mol. The van der Waals surface area contributed by atoms with E-state index < -0.39 is 0 Å². The third-order valence-electron chi connectivity index (χ3n) is 21.2. The molecule has 0 aromatic heterocycles. The van der Waals surface area contributed by atoms with Crippen LogP contribution in [0.3, 0.4) is 0 Å². The fourth-order valence-electron chi connectivity index (χ4n) is 17.5. The normalized spacial score (nSPS) is 35.7. The van der Waals surface area contributed by atoms with E-state index in [0.29, 0.717) is 21.7 Å². The topological polar surface area (TPSA) is 20.2 Å². The molecule has 0 aliphatic heterocycles. The van der Waals surface area contributed by atoms with Gasteiger partial charge >= 0.3 is 0 Å². The highest BCUT2D eigenvalue weighted by atomic mass is 33.4. The summed E-state index contributed by atoms with van der Waals surface area (Å²) in [5.74, 6) is 44.9. The van der Waals surface area contributed by atoms with Crippen molar-refractivity contribution in [1.82, 2.24) is 0 Å². The molecule has 8 aliphatic carbocycles. The van der Waals surface area contributed by atoms with Crippen LogP contribution in [0.2, 0.25) is 0 Å². The highest BCUT2D eigenvalue weighted by Crippen LogP contribution is 2.69. The zero-order chi connectivity index (χ0) is 53.5. The Balaban J connectivity index is 0.000000193. The molecule has 0 unspecified atom stereocenters. The Labute approximate surface area is 483 Å². The van der Waals surface area contributed by atoms with Crippen molar-refractivity contribution in [2.45, 2.75) is 190 Å². The number of benzene rings is 1. The molecule has 0 amide bonds. The first kappa shape index (κ1) is 60.4. The van der Waals surface area contributed by atoms with Crippen LogP contribution in [-0.4, -0.2) is 11.2 Å². The van der Waals surface area contributed by atoms with E-state index in [9.17, 15) is 5.11 Å². The molecule has 402 valence electrons. The van der Waals surface area contributed by atoms with E-state index >= 15 is 0 Å². The van der Waals surface area contributed by atoms with Crippen LogP contribution in [0, 0.1) is 158 Å². The lowest BCUT2D eigenvalue weighted by Crippen LogP contribution is -2.50. The Morgan fingerprint density at radius 2 is 1.07 bits per heavy atom. The summed E-state index contributed by atoms with van der Waals surface area (Å²) in [6.45, 7) is 19.7. The number of hydrogen-bond acceptors (Lipinski definition) is 3. The first-order valence-corrected chi connectivity index (χ1v) is 37.8. The van der Waals surface area contributed by atoms with Gasteiger partial charge in [0.05, 0.1) is 6.10 Å². The van der Waals surface area contributed by atoms with Gasteiger partial charge in [-0.2, -0.15) is 0 Å². The van der Waals surface area contributed by atoms with Crippen LogP contribution >= 0.6 is 0 Å². The largest absolute Gasteiger partial charge is 0.393 e. The van der Waals surface area contributed by atoms with Crippen molar-refractivity contribution in [1.29, 1.82) is 0 Å². The third kappa shape index (κ3) is 14.6. The molecule has 0 saturated heterocycles. The third-order valence-corrected chi connectivity index (χ3v) is 32.3. The first-order valence-electron chi connectivity index (χ1n) is 28.5. The summed E-state index contributed by atoms with van der Waals surface area (Å²) in [4.78, 5) is 0. The van der Waals surface area contributed by atoms with Gasteiger partial charge in [0.1, 0.15) is 0 Å². The van der Waals surface area contributed by atoms with E-state index in [-0.39, 0.29) is 6.10 Å². The second-order valence-electron chi connectivity index (χ2n) is 24.8. The molecule has 6 fully saturated rings. The van der Waals surface area contributed by atoms with E-state index in [4.69, 9.17) is 0 Å². The molecule has 1 aromatic carbocycles. The molecule has 1 aromatic rings. The van der Waals surface area contributed by atoms with Gasteiger partial charge in [-0.3, -0.25) is 0 Å². The lowest BCUT2D eigenvalue weighted by atomic mass is 9.46. The van der Waals surface area contributed by atoms with Crippen LogP contribution in [0.4, 0.5) is 0 Å². The van der Waals surface area contributed by atoms with Crippen LogP contribution in [0.25, 0.3) is 0 Å². The number of aliphatic hydroxyl groups excluding tert-OH is 1. The SMILES string of the molecule is CC#CC#CC#CCC[C@@H](C)[C@H]1CC[C@H]2[C@@H]3CC=C4C[C@@H](O)CC[C@]4(C)[C@H]3CC[C@]12C.C[C@H]1CC[C@@]2(C)C(=CC[C@H]3[C@@H]4CC[C@H]([C@H](C)CCC#CC#CC#Cc5ccccc5)[C@@]4(C)CC[C@@H]32)C1.S=S=S=S=S=S=S=S. The van der Waals surface area contributed by atoms with E-state index in [1.54, 1.807) is 48.0 Å². The van der Waals surface area contributed by atoms with Crippen LogP contribution < -0.4 is 0 Å². The van der Waals surface area contributed by atoms with Crippen LogP contribution in [0.5, 0.6) is 0 Å². The molecule has 0 radical (unpaired) electrons. The van der Waals surface area contributed by atoms with Gasteiger partial charge < -0.3 is 5.11 Å². The maximum absolute atomic E-state index is 10.2. The van der Waals surface area contributed by atoms with Crippen molar-refractivity contribution < 1.29 is 5.11 Å². The highest BCUT2D eigenvalue weighted by molar-refractivity contribution is 8.70. The molecule has 0 bridgehead atoms. The van der Waals surface area contributed by atoms with Crippen molar-refractivity contribution in [2.75, 3.05) is 0 Å². The van der Waals surface area contributed by atoms with Crippen molar-refractivity contribution in [3.8, 4) is 71.0 Å². The van der Waals surface area contributed by atoms with Crippen LogP contribution in [0.1, 0.15) is 189 Å². The van der Waals surface area contributed by atoms with Crippen LogP contribution in [0.15, 0.2) is 53.6 Å². The molecule has 9 heteroatoms. The predicted molar refractivity (Wildman–Crippen MR) is 339 cm³/mol. The van der Waals surface area contributed by atoms with Gasteiger partial charge in [-0.05, 0) is 269 Å². The summed E-state index contributed by atoms with van der Waals surface area (Å²) in [6.07, 6.45) is 30.8. The molecule has 0 spiro atoms. The van der Waals surface area contributed by atoms with E-state index in [1.807, 2.05) is 35.9 Å². The molecule has 0 heterocycles. The Kier molecular flexibility index (Phi) is 23.2. The summed E-state index contributed by atoms with van der Waals surface area (Å²) >= 11 is 9.21. The molecule has 9 rings (SSSR count). The zero-order valence-electron chi connectivity index (χ0n) is 46.3. The lowest BCUT2D eigenvalue weighted by molar-refractivity contribution is -0.0570. The van der Waals surface area contributed by atoms with Crippen molar-refractivity contribution in [3.63, 3.8) is 0 Å². The van der Waals surface area contributed by atoms with Gasteiger partial charge in [0, 0.05) is 94.1 Å². The summed E-state index contributed by atoms with van der Waals surface area (Å²) in [5, 5.41) is 10.2. The quantitative estimate of drug-likeness (QED) is 0.226. The second kappa shape index (κ2) is 28.8. The molecular weight excluding hydrogens is 1070 g/mol. The Morgan fingerprint density at radius 1 is 0.573 bits per heavy atom. The molecule has 1 N–H and O–H groups in total. The second-order valence-corrected chi connectivity index (χ2v) is 35.4. The van der Waals surface area contributed by atoms with Gasteiger partial charge in [0.25, 0.3) is 0 Å². The van der Waals surface area contributed by atoms with E-state index in [1.165, 1.54) is 120 Å². The number of hydrogen-bond donors (Lipinski definition) is 1. The molecule has 75 heavy (non-hydrogen) atoms. The van der Waals surface area contributed by atoms with Gasteiger partial charge in [-0.1, -0.05) is 114 Å². The number of rotatable bonds is 6. The highest BCUT2D eigenvalue weighted by Gasteiger charge is 2.60. The summed E-state index contributed by atoms with van der Waals surface area (Å²) < 4.78 is 0. The Morgan fingerprint density at radius 3 is 1.59 bits per heavy atom. The van der Waals surface area contributed by atoms with Crippen LogP contribution in [-0.2, 0) is 75.7 Å².